The number of ether oxygens (including phenoxy) is 6. The minimum absolute atomic E-state index is 0.106. The summed E-state index contributed by atoms with van der Waals surface area (Å²) in [5, 5.41) is 0. The van der Waals surface area contributed by atoms with Crippen molar-refractivity contribution in [3.63, 3.8) is 0 Å². The molecule has 0 radical (unpaired) electrons. The SMILES string of the molecule is COC(=O)C(c1ccc(OCc2ccccc2)cc1)N1CN(C(C(=O)OC)c2ccc(OCc3ccccc3)cc2)CN(C(C(=O)OC)c2ccc(OCc3ccccc3)cc2)C1. The van der Waals surface area contributed by atoms with Crippen molar-refractivity contribution in [3.8, 4) is 17.2 Å². The van der Waals surface area contributed by atoms with E-state index in [0.29, 0.717) is 53.8 Å². The zero-order valence-corrected chi connectivity index (χ0v) is 35.6. The van der Waals surface area contributed by atoms with Crippen LogP contribution in [0.5, 0.6) is 17.2 Å². The molecular weight excluding hydrogens is 799 g/mol. The van der Waals surface area contributed by atoms with Crippen molar-refractivity contribution in [1.82, 2.24) is 14.7 Å². The number of carbonyl (C=O) groups is 3. The molecule has 1 aliphatic rings. The van der Waals surface area contributed by atoms with Crippen molar-refractivity contribution in [2.45, 2.75) is 37.9 Å². The summed E-state index contributed by atoms with van der Waals surface area (Å²) in [4.78, 5) is 47.4. The fourth-order valence-electron chi connectivity index (χ4n) is 7.61. The van der Waals surface area contributed by atoms with Crippen molar-refractivity contribution in [2.24, 2.45) is 0 Å². The van der Waals surface area contributed by atoms with Crippen molar-refractivity contribution < 1.29 is 42.8 Å². The van der Waals surface area contributed by atoms with Gasteiger partial charge in [-0.05, 0) is 69.8 Å². The van der Waals surface area contributed by atoms with Crippen molar-refractivity contribution >= 4 is 17.9 Å². The maximum absolute atomic E-state index is 13.9. The summed E-state index contributed by atoms with van der Waals surface area (Å²) in [5.74, 6) is 0.280. The number of rotatable bonds is 18. The molecule has 1 saturated heterocycles. The Kier molecular flexibility index (Phi) is 15.2. The Morgan fingerprint density at radius 1 is 0.381 bits per heavy atom. The second kappa shape index (κ2) is 21.7. The van der Waals surface area contributed by atoms with Crippen LogP contribution in [0.1, 0.15) is 51.5 Å². The van der Waals surface area contributed by atoms with Crippen LogP contribution in [0.3, 0.4) is 0 Å². The number of benzene rings is 6. The van der Waals surface area contributed by atoms with Crippen LogP contribution in [-0.2, 0) is 48.4 Å². The Labute approximate surface area is 368 Å². The van der Waals surface area contributed by atoms with E-state index < -0.39 is 36.0 Å². The zero-order chi connectivity index (χ0) is 44.0. The summed E-state index contributed by atoms with van der Waals surface area (Å²) in [6.45, 7) is 1.44. The predicted octanol–water partition coefficient (Wildman–Crippen LogP) is 8.26. The molecule has 6 aromatic carbocycles. The summed E-state index contributed by atoms with van der Waals surface area (Å²) < 4.78 is 34.5. The first-order valence-electron chi connectivity index (χ1n) is 20.6. The van der Waals surface area contributed by atoms with E-state index in [4.69, 9.17) is 28.4 Å². The van der Waals surface area contributed by atoms with Crippen molar-refractivity contribution in [3.05, 3.63) is 197 Å². The molecule has 1 fully saturated rings. The molecule has 0 aliphatic carbocycles. The fraction of sp³-hybridized carbons (Fsp3) is 0.235. The molecule has 1 aliphatic heterocycles. The van der Waals surface area contributed by atoms with Gasteiger partial charge in [0.15, 0.2) is 0 Å². The molecule has 3 unspecified atom stereocenters. The smallest absolute Gasteiger partial charge is 0.327 e. The Bertz CT molecular complexity index is 2090. The van der Waals surface area contributed by atoms with Crippen LogP contribution in [-0.4, -0.2) is 73.9 Å². The van der Waals surface area contributed by atoms with E-state index in [1.165, 1.54) is 21.3 Å². The number of nitrogens with zero attached hydrogens (tertiary/aromatic N) is 3. The van der Waals surface area contributed by atoms with Crippen molar-refractivity contribution in [1.29, 1.82) is 0 Å². The van der Waals surface area contributed by atoms with Gasteiger partial charge in [0, 0.05) is 0 Å². The molecule has 6 aromatic rings. The molecule has 12 nitrogen and oxygen atoms in total. The molecule has 12 heteroatoms. The Morgan fingerprint density at radius 2 is 0.619 bits per heavy atom. The third kappa shape index (κ3) is 11.5. The third-order valence-corrected chi connectivity index (χ3v) is 10.8. The van der Waals surface area contributed by atoms with Crippen LogP contribution >= 0.6 is 0 Å². The van der Waals surface area contributed by atoms with Crippen LogP contribution in [0.4, 0.5) is 0 Å². The zero-order valence-electron chi connectivity index (χ0n) is 35.6. The summed E-state index contributed by atoms with van der Waals surface area (Å²) >= 11 is 0. The van der Waals surface area contributed by atoms with E-state index in [-0.39, 0.29) is 20.0 Å². The lowest BCUT2D eigenvalue weighted by Gasteiger charge is -2.48. The minimum Gasteiger partial charge on any atom is -0.489 e. The summed E-state index contributed by atoms with van der Waals surface area (Å²) in [6, 6.07) is 48.4. The van der Waals surface area contributed by atoms with Crippen LogP contribution in [0.15, 0.2) is 164 Å². The van der Waals surface area contributed by atoms with Gasteiger partial charge in [-0.1, -0.05) is 127 Å². The van der Waals surface area contributed by atoms with E-state index >= 15 is 0 Å². The highest BCUT2D eigenvalue weighted by atomic mass is 16.5. The lowest BCUT2D eigenvalue weighted by molar-refractivity contribution is -0.167. The molecule has 0 amide bonds. The van der Waals surface area contributed by atoms with E-state index in [0.717, 1.165) is 16.7 Å². The highest BCUT2D eigenvalue weighted by molar-refractivity contribution is 5.79. The summed E-state index contributed by atoms with van der Waals surface area (Å²) in [6.07, 6.45) is 0. The van der Waals surface area contributed by atoms with Gasteiger partial charge >= 0.3 is 17.9 Å². The maximum Gasteiger partial charge on any atom is 0.327 e. The van der Waals surface area contributed by atoms with Gasteiger partial charge in [0.25, 0.3) is 0 Å². The Morgan fingerprint density at radius 3 is 0.841 bits per heavy atom. The molecule has 63 heavy (non-hydrogen) atoms. The molecule has 0 bridgehead atoms. The largest absolute Gasteiger partial charge is 0.489 e. The number of esters is 3. The average Bonchev–Trinajstić information content (AvgIpc) is 3.34. The normalized spacial score (nSPS) is 14.7. The quantitative estimate of drug-likeness (QED) is 0.0613. The van der Waals surface area contributed by atoms with Gasteiger partial charge in [0.1, 0.15) is 55.2 Å². The third-order valence-electron chi connectivity index (χ3n) is 10.8. The van der Waals surface area contributed by atoms with Crippen LogP contribution in [0, 0.1) is 0 Å². The van der Waals surface area contributed by atoms with Crippen LogP contribution in [0.2, 0.25) is 0 Å². The van der Waals surface area contributed by atoms with E-state index in [9.17, 15) is 14.4 Å². The van der Waals surface area contributed by atoms with Gasteiger partial charge in [-0.3, -0.25) is 14.7 Å². The first kappa shape index (κ1) is 44.1. The number of hydrogen-bond acceptors (Lipinski definition) is 12. The van der Waals surface area contributed by atoms with Gasteiger partial charge in [0.05, 0.1) is 41.3 Å². The second-order valence-corrected chi connectivity index (χ2v) is 15.0. The Balaban J connectivity index is 1.21. The average molecular weight is 850 g/mol. The molecule has 1 heterocycles. The highest BCUT2D eigenvalue weighted by Crippen LogP contribution is 2.36. The van der Waals surface area contributed by atoms with E-state index in [1.807, 2.05) is 178 Å². The number of carbonyl (C=O) groups excluding carboxylic acids is 3. The standard InChI is InChI=1S/C51H51N3O9/c1-58-49(55)46(40-19-25-43(26-20-40)61-31-37-13-7-4-8-14-37)52-34-53(47(50(56)59-2)41-21-27-44(28-22-41)62-32-38-15-9-5-10-16-38)36-54(35-52)48(51(57)60-3)42-23-29-45(30-24-42)63-33-39-17-11-6-12-18-39/h4-30,46-48H,31-36H2,1-3H3. The fourth-order valence-corrected chi connectivity index (χ4v) is 7.61. The van der Waals surface area contributed by atoms with Crippen molar-refractivity contribution in [2.75, 3.05) is 41.3 Å². The van der Waals surface area contributed by atoms with Gasteiger partial charge < -0.3 is 28.4 Å². The molecule has 0 saturated carbocycles. The predicted molar refractivity (Wildman–Crippen MR) is 236 cm³/mol. The molecule has 0 aromatic heterocycles. The number of methoxy groups -OCH3 is 3. The molecule has 0 spiro atoms. The minimum atomic E-state index is -0.956. The number of hydrogen-bond donors (Lipinski definition) is 0. The maximum atomic E-state index is 13.9. The van der Waals surface area contributed by atoms with Gasteiger partial charge in [-0.25, -0.2) is 14.4 Å². The topological polar surface area (TPSA) is 116 Å². The second-order valence-electron chi connectivity index (χ2n) is 15.0. The lowest BCUT2D eigenvalue weighted by Crippen LogP contribution is -2.60. The molecule has 0 N–H and O–H groups in total. The van der Waals surface area contributed by atoms with E-state index in [1.54, 1.807) is 0 Å². The monoisotopic (exact) mass is 849 g/mol. The van der Waals surface area contributed by atoms with Gasteiger partial charge in [-0.15, -0.1) is 0 Å². The van der Waals surface area contributed by atoms with Crippen LogP contribution < -0.4 is 14.2 Å². The van der Waals surface area contributed by atoms with Gasteiger partial charge in [0.2, 0.25) is 0 Å². The lowest BCUT2D eigenvalue weighted by atomic mass is 10.0. The van der Waals surface area contributed by atoms with Crippen LogP contribution in [0.25, 0.3) is 0 Å². The van der Waals surface area contributed by atoms with Gasteiger partial charge in [-0.2, -0.15) is 0 Å². The summed E-state index contributed by atoms with van der Waals surface area (Å²) in [5.41, 5.74) is 4.93. The molecule has 324 valence electrons. The molecular formula is C51H51N3O9. The summed E-state index contributed by atoms with van der Waals surface area (Å²) in [7, 11) is 4.01. The Hall–Kier alpha value is -6.99. The molecule has 3 atom stereocenters. The van der Waals surface area contributed by atoms with E-state index in [2.05, 4.69) is 0 Å². The highest BCUT2D eigenvalue weighted by Gasteiger charge is 2.43. The first-order valence-corrected chi connectivity index (χ1v) is 20.6. The molecule has 7 rings (SSSR count). The first-order chi connectivity index (χ1) is 30.8.